The Morgan fingerprint density at radius 3 is 0.853 bits per heavy atom. The van der Waals surface area contributed by atoms with Crippen LogP contribution in [0.4, 0.5) is 0 Å². The Labute approximate surface area is 465 Å². The first kappa shape index (κ1) is 71.6. The van der Waals surface area contributed by atoms with Crippen LogP contribution in [-0.2, 0) is 28.6 Å². The lowest BCUT2D eigenvalue weighted by Gasteiger charge is -2.18. The highest BCUT2D eigenvalue weighted by molar-refractivity contribution is 5.71. The molecule has 0 aliphatic carbocycles. The molecule has 0 aromatic heterocycles. The highest BCUT2D eigenvalue weighted by atomic mass is 16.6. The van der Waals surface area contributed by atoms with Gasteiger partial charge in [-0.05, 0) is 116 Å². The third-order valence-corrected chi connectivity index (χ3v) is 13.9. The zero-order chi connectivity index (χ0) is 54.3. The summed E-state index contributed by atoms with van der Waals surface area (Å²) >= 11 is 0. The third-order valence-electron chi connectivity index (χ3n) is 13.9. The molecule has 0 saturated carbocycles. The molecule has 0 N–H and O–H groups in total. The van der Waals surface area contributed by atoms with Gasteiger partial charge in [-0.25, -0.2) is 0 Å². The van der Waals surface area contributed by atoms with Gasteiger partial charge in [0.25, 0.3) is 0 Å². The largest absolute Gasteiger partial charge is 0.462 e. The maximum absolute atomic E-state index is 12.9. The number of hydrogen-bond donors (Lipinski definition) is 0. The highest BCUT2D eigenvalue weighted by Gasteiger charge is 2.19. The second-order valence-electron chi connectivity index (χ2n) is 21.3. The second kappa shape index (κ2) is 63.1. The fourth-order valence-electron chi connectivity index (χ4n) is 9.05. The Balaban J connectivity index is 4.36. The molecule has 0 radical (unpaired) electrons. The van der Waals surface area contributed by atoms with E-state index in [1.54, 1.807) is 0 Å². The van der Waals surface area contributed by atoms with Gasteiger partial charge < -0.3 is 14.2 Å². The van der Waals surface area contributed by atoms with Crippen molar-refractivity contribution in [3.05, 3.63) is 85.1 Å². The summed E-state index contributed by atoms with van der Waals surface area (Å²) in [6.45, 7) is 6.51. The van der Waals surface area contributed by atoms with Crippen LogP contribution in [0.3, 0.4) is 0 Å². The van der Waals surface area contributed by atoms with Gasteiger partial charge in [-0.3, -0.25) is 14.4 Å². The van der Waals surface area contributed by atoms with Crippen molar-refractivity contribution >= 4 is 17.9 Å². The van der Waals surface area contributed by atoms with Crippen molar-refractivity contribution in [2.75, 3.05) is 13.2 Å². The first-order valence-corrected chi connectivity index (χ1v) is 32.1. The number of carbonyl (C=O) groups excluding carboxylic acids is 3. The van der Waals surface area contributed by atoms with E-state index >= 15 is 0 Å². The average molecular weight is 1050 g/mol. The van der Waals surface area contributed by atoms with E-state index in [2.05, 4.69) is 106 Å². The van der Waals surface area contributed by atoms with Gasteiger partial charge >= 0.3 is 17.9 Å². The number of unbranched alkanes of at least 4 members (excludes halogenated alkanes) is 33. The lowest BCUT2D eigenvalue weighted by Crippen LogP contribution is -2.30. The summed E-state index contributed by atoms with van der Waals surface area (Å²) in [4.78, 5) is 38.3. The average Bonchev–Trinajstić information content (AvgIpc) is 3.41. The highest BCUT2D eigenvalue weighted by Crippen LogP contribution is 2.16. The second-order valence-corrected chi connectivity index (χ2v) is 21.3. The molecule has 0 spiro atoms. The molecule has 0 amide bonds. The molecule has 1 atom stereocenters. The van der Waals surface area contributed by atoms with Crippen molar-refractivity contribution in [2.24, 2.45) is 0 Å². The topological polar surface area (TPSA) is 78.9 Å². The predicted molar refractivity (Wildman–Crippen MR) is 325 cm³/mol. The molecule has 0 aliphatic heterocycles. The lowest BCUT2D eigenvalue weighted by atomic mass is 10.0. The van der Waals surface area contributed by atoms with Crippen molar-refractivity contribution in [2.45, 2.75) is 322 Å². The Kier molecular flexibility index (Phi) is 60.3. The van der Waals surface area contributed by atoms with E-state index in [0.29, 0.717) is 19.3 Å². The normalized spacial score (nSPS) is 12.6. The Hall–Kier alpha value is -3.41. The van der Waals surface area contributed by atoms with Gasteiger partial charge in [-0.1, -0.05) is 266 Å². The number of rotatable bonds is 58. The van der Waals surface area contributed by atoms with Crippen molar-refractivity contribution in [1.82, 2.24) is 0 Å². The first-order chi connectivity index (χ1) is 37.0. The summed E-state index contributed by atoms with van der Waals surface area (Å²) in [5.41, 5.74) is 0. The van der Waals surface area contributed by atoms with Crippen LogP contribution in [0.1, 0.15) is 316 Å². The summed E-state index contributed by atoms with van der Waals surface area (Å²) in [6, 6.07) is 0. The molecule has 0 rings (SSSR count). The molecule has 6 heteroatoms. The summed E-state index contributed by atoms with van der Waals surface area (Å²) in [7, 11) is 0. The van der Waals surface area contributed by atoms with Crippen LogP contribution in [0.15, 0.2) is 85.1 Å². The van der Waals surface area contributed by atoms with Crippen LogP contribution in [0, 0.1) is 0 Å². The zero-order valence-corrected chi connectivity index (χ0v) is 49.6. The molecule has 75 heavy (non-hydrogen) atoms. The van der Waals surface area contributed by atoms with Crippen LogP contribution < -0.4 is 0 Å². The SMILES string of the molecule is CC/C=C\C/C=C\C/C=C\C/C=C\CCCCCCCCCCCCC(=O)OCC(COC(=O)CCCCCCC/C=C\C/C=C\CCCCC)OC(=O)CCCCCCCCCCC/C=C\CCCCCCCC. The Bertz CT molecular complexity index is 1430. The quantitative estimate of drug-likeness (QED) is 0.0261. The Morgan fingerprint density at radius 2 is 0.520 bits per heavy atom. The molecule has 0 saturated heterocycles. The van der Waals surface area contributed by atoms with Crippen LogP contribution >= 0.6 is 0 Å². The van der Waals surface area contributed by atoms with Gasteiger partial charge in [0.2, 0.25) is 0 Å². The number of allylic oxidation sites excluding steroid dienone is 14. The molecule has 0 aromatic rings. The smallest absolute Gasteiger partial charge is 0.306 e. The van der Waals surface area contributed by atoms with Crippen LogP contribution in [-0.4, -0.2) is 37.2 Å². The molecule has 1 unspecified atom stereocenters. The van der Waals surface area contributed by atoms with Gasteiger partial charge in [-0.15, -0.1) is 0 Å². The van der Waals surface area contributed by atoms with E-state index in [-0.39, 0.29) is 31.1 Å². The third kappa shape index (κ3) is 61.3. The molecule has 0 heterocycles. The number of carbonyl (C=O) groups is 3. The number of ether oxygens (including phenoxy) is 3. The standard InChI is InChI=1S/C69H120O6/c1-4-7-10-13-16-19-22-25-28-30-32-33-34-35-37-38-41-44-47-50-53-56-59-62-68(71)74-65-66(64-73-67(70)61-58-55-52-49-46-43-40-27-24-21-18-15-12-9-6-3)75-69(72)63-60-57-54-51-48-45-42-39-36-31-29-26-23-20-17-14-11-8-5-2/h7,10,16,18-19,21,25-29,32-33,40,66H,4-6,8-9,11-15,17,20,22-24,30-31,34-39,41-65H2,1-3H3/b10-7-,19-16-,21-18-,28-25-,29-26-,33-32-,40-27-. The maximum Gasteiger partial charge on any atom is 0.306 e. The maximum atomic E-state index is 12.9. The summed E-state index contributed by atoms with van der Waals surface area (Å²) in [6.07, 6.45) is 82.9. The number of esters is 3. The van der Waals surface area contributed by atoms with E-state index < -0.39 is 6.10 Å². The van der Waals surface area contributed by atoms with Crippen molar-refractivity contribution < 1.29 is 28.6 Å². The van der Waals surface area contributed by atoms with Crippen molar-refractivity contribution in [3.8, 4) is 0 Å². The lowest BCUT2D eigenvalue weighted by molar-refractivity contribution is -0.167. The number of hydrogen-bond acceptors (Lipinski definition) is 6. The van der Waals surface area contributed by atoms with Crippen LogP contribution in [0.5, 0.6) is 0 Å². The predicted octanol–water partition coefficient (Wildman–Crippen LogP) is 21.9. The van der Waals surface area contributed by atoms with E-state index in [0.717, 1.165) is 103 Å². The Morgan fingerprint density at radius 1 is 0.280 bits per heavy atom. The van der Waals surface area contributed by atoms with E-state index in [1.807, 2.05) is 0 Å². The van der Waals surface area contributed by atoms with Crippen LogP contribution in [0.25, 0.3) is 0 Å². The monoisotopic (exact) mass is 1040 g/mol. The molecule has 0 fully saturated rings. The minimum Gasteiger partial charge on any atom is -0.462 e. The summed E-state index contributed by atoms with van der Waals surface area (Å²) < 4.78 is 16.9. The fourth-order valence-corrected chi connectivity index (χ4v) is 9.05. The minimum absolute atomic E-state index is 0.0829. The van der Waals surface area contributed by atoms with Gasteiger partial charge in [-0.2, -0.15) is 0 Å². The molecule has 0 aliphatic rings. The van der Waals surface area contributed by atoms with Gasteiger partial charge in [0.1, 0.15) is 13.2 Å². The van der Waals surface area contributed by atoms with Crippen molar-refractivity contribution in [1.29, 1.82) is 0 Å². The molecular formula is C69H120O6. The minimum atomic E-state index is -0.787. The molecule has 0 aromatic carbocycles. The van der Waals surface area contributed by atoms with Crippen molar-refractivity contribution in [3.63, 3.8) is 0 Å². The van der Waals surface area contributed by atoms with E-state index in [4.69, 9.17) is 14.2 Å². The molecule has 6 nitrogen and oxygen atoms in total. The molecular weight excluding hydrogens is 925 g/mol. The first-order valence-electron chi connectivity index (χ1n) is 32.1. The van der Waals surface area contributed by atoms with E-state index in [1.165, 1.54) is 173 Å². The molecule has 432 valence electrons. The summed E-state index contributed by atoms with van der Waals surface area (Å²) in [5, 5.41) is 0. The van der Waals surface area contributed by atoms with E-state index in [9.17, 15) is 14.4 Å². The fraction of sp³-hybridized carbons (Fsp3) is 0.754. The summed E-state index contributed by atoms with van der Waals surface area (Å²) in [5.74, 6) is -0.890. The van der Waals surface area contributed by atoms with Gasteiger partial charge in [0.15, 0.2) is 6.10 Å². The van der Waals surface area contributed by atoms with Gasteiger partial charge in [0, 0.05) is 19.3 Å². The molecule has 0 bridgehead atoms. The zero-order valence-electron chi connectivity index (χ0n) is 49.6. The van der Waals surface area contributed by atoms with Crippen LogP contribution in [0.2, 0.25) is 0 Å². The van der Waals surface area contributed by atoms with Gasteiger partial charge in [0.05, 0.1) is 0 Å².